The molecule has 19 heavy (non-hydrogen) atoms. The van der Waals surface area contributed by atoms with Crippen LogP contribution in [0.5, 0.6) is 5.75 Å². The lowest BCUT2D eigenvalue weighted by atomic mass is 9.88. The highest BCUT2D eigenvalue weighted by Gasteiger charge is 2.20. The summed E-state index contributed by atoms with van der Waals surface area (Å²) in [6.07, 6.45) is 4.89. The number of aromatic nitrogens is 3. The van der Waals surface area contributed by atoms with Gasteiger partial charge in [-0.3, -0.25) is 0 Å². The van der Waals surface area contributed by atoms with Crippen LogP contribution < -0.4 is 10.5 Å². The van der Waals surface area contributed by atoms with E-state index in [-0.39, 0.29) is 6.04 Å². The minimum atomic E-state index is 0.141. The molecule has 1 atom stereocenters. The SMILES string of the molecule is Cn1cnnc1COc1cccc2c1CCCC2N. The van der Waals surface area contributed by atoms with Crippen molar-refractivity contribution >= 4 is 0 Å². The van der Waals surface area contributed by atoms with E-state index in [1.165, 1.54) is 11.1 Å². The normalized spacial score (nSPS) is 18.1. The molecule has 5 nitrogen and oxygen atoms in total. The lowest BCUT2D eigenvalue weighted by Gasteiger charge is -2.24. The van der Waals surface area contributed by atoms with E-state index in [2.05, 4.69) is 16.3 Å². The monoisotopic (exact) mass is 258 g/mol. The zero-order chi connectivity index (χ0) is 13.2. The quantitative estimate of drug-likeness (QED) is 0.910. The van der Waals surface area contributed by atoms with Crippen molar-refractivity contribution in [3.05, 3.63) is 41.5 Å². The molecule has 1 aromatic heterocycles. The van der Waals surface area contributed by atoms with Crippen molar-refractivity contribution in [1.82, 2.24) is 14.8 Å². The van der Waals surface area contributed by atoms with Crippen LogP contribution in [-0.4, -0.2) is 14.8 Å². The topological polar surface area (TPSA) is 66.0 Å². The molecule has 0 bridgehead atoms. The molecule has 0 saturated heterocycles. The second kappa shape index (κ2) is 5.01. The summed E-state index contributed by atoms with van der Waals surface area (Å²) in [6.45, 7) is 0.433. The molecule has 1 aromatic carbocycles. The Labute approximate surface area is 112 Å². The maximum absolute atomic E-state index is 6.15. The third-order valence-corrected chi connectivity index (χ3v) is 3.67. The molecule has 0 radical (unpaired) electrons. The number of rotatable bonds is 3. The van der Waals surface area contributed by atoms with Crippen LogP contribution in [0, 0.1) is 0 Å². The Morgan fingerprint density at radius 1 is 1.47 bits per heavy atom. The average Bonchev–Trinajstić information content (AvgIpc) is 2.82. The van der Waals surface area contributed by atoms with Gasteiger partial charge in [0.25, 0.3) is 0 Å². The number of nitrogens with zero attached hydrogens (tertiary/aromatic N) is 3. The molecule has 0 fully saturated rings. The molecule has 100 valence electrons. The van der Waals surface area contributed by atoms with Crippen molar-refractivity contribution in [3.63, 3.8) is 0 Å². The molecule has 1 aliphatic carbocycles. The van der Waals surface area contributed by atoms with Gasteiger partial charge in [0.1, 0.15) is 18.7 Å². The zero-order valence-electron chi connectivity index (χ0n) is 11.0. The van der Waals surface area contributed by atoms with E-state index < -0.39 is 0 Å². The number of hydrogen-bond acceptors (Lipinski definition) is 4. The Kier molecular flexibility index (Phi) is 3.21. The molecule has 0 spiro atoms. The number of hydrogen-bond donors (Lipinski definition) is 1. The van der Waals surface area contributed by atoms with E-state index >= 15 is 0 Å². The average molecular weight is 258 g/mol. The molecule has 0 amide bonds. The first-order valence-electron chi connectivity index (χ1n) is 6.59. The van der Waals surface area contributed by atoms with E-state index in [1.54, 1.807) is 6.33 Å². The second-order valence-electron chi connectivity index (χ2n) is 4.97. The summed E-state index contributed by atoms with van der Waals surface area (Å²) in [6, 6.07) is 6.26. The molecule has 1 heterocycles. The summed E-state index contributed by atoms with van der Waals surface area (Å²) >= 11 is 0. The van der Waals surface area contributed by atoms with Crippen LogP contribution in [0.1, 0.15) is 35.8 Å². The van der Waals surface area contributed by atoms with Crippen LogP contribution in [0.25, 0.3) is 0 Å². The maximum Gasteiger partial charge on any atom is 0.170 e. The van der Waals surface area contributed by atoms with Crippen molar-refractivity contribution in [2.45, 2.75) is 31.9 Å². The highest BCUT2D eigenvalue weighted by Crippen LogP contribution is 2.34. The molecule has 3 rings (SSSR count). The molecule has 5 heteroatoms. The predicted molar refractivity (Wildman–Crippen MR) is 71.6 cm³/mol. The summed E-state index contributed by atoms with van der Waals surface area (Å²) in [5.74, 6) is 1.74. The van der Waals surface area contributed by atoms with E-state index in [0.29, 0.717) is 6.61 Å². The Morgan fingerprint density at radius 2 is 2.37 bits per heavy atom. The first-order chi connectivity index (χ1) is 9.25. The molecule has 1 aliphatic rings. The fourth-order valence-corrected chi connectivity index (χ4v) is 2.57. The summed E-state index contributed by atoms with van der Waals surface area (Å²) in [5, 5.41) is 7.87. The summed E-state index contributed by atoms with van der Waals surface area (Å²) in [4.78, 5) is 0. The predicted octanol–water partition coefficient (Wildman–Crippen LogP) is 1.73. The molecule has 0 aliphatic heterocycles. The van der Waals surface area contributed by atoms with Crippen molar-refractivity contribution < 1.29 is 4.74 Å². The molecular formula is C14H18N4O. The Hall–Kier alpha value is -1.88. The van der Waals surface area contributed by atoms with Crippen molar-refractivity contribution in [2.24, 2.45) is 12.8 Å². The minimum Gasteiger partial charge on any atom is -0.485 e. The third kappa shape index (κ3) is 2.33. The van der Waals surface area contributed by atoms with Gasteiger partial charge >= 0.3 is 0 Å². The smallest absolute Gasteiger partial charge is 0.170 e. The number of benzene rings is 1. The van der Waals surface area contributed by atoms with Gasteiger partial charge in [-0.25, -0.2) is 0 Å². The van der Waals surface area contributed by atoms with Gasteiger partial charge in [-0.15, -0.1) is 10.2 Å². The fraction of sp³-hybridized carbons (Fsp3) is 0.429. The number of fused-ring (bicyclic) bond motifs is 1. The molecule has 2 N–H and O–H groups in total. The number of ether oxygens (including phenoxy) is 1. The minimum absolute atomic E-state index is 0.141. The van der Waals surface area contributed by atoms with Crippen molar-refractivity contribution in [1.29, 1.82) is 0 Å². The van der Waals surface area contributed by atoms with Gasteiger partial charge in [-0.2, -0.15) is 0 Å². The largest absolute Gasteiger partial charge is 0.485 e. The van der Waals surface area contributed by atoms with Crippen LogP contribution >= 0.6 is 0 Å². The summed E-state index contributed by atoms with van der Waals surface area (Å²) in [5.41, 5.74) is 8.63. The first-order valence-corrected chi connectivity index (χ1v) is 6.59. The zero-order valence-corrected chi connectivity index (χ0v) is 11.0. The number of aryl methyl sites for hydroxylation is 1. The summed E-state index contributed by atoms with van der Waals surface area (Å²) < 4.78 is 7.76. The van der Waals surface area contributed by atoms with E-state index in [4.69, 9.17) is 10.5 Å². The lowest BCUT2D eigenvalue weighted by Crippen LogP contribution is -2.18. The van der Waals surface area contributed by atoms with Crippen LogP contribution in [0.4, 0.5) is 0 Å². The molecule has 0 saturated carbocycles. The van der Waals surface area contributed by atoms with Gasteiger partial charge in [-0.1, -0.05) is 12.1 Å². The van der Waals surface area contributed by atoms with Gasteiger partial charge < -0.3 is 15.0 Å². The van der Waals surface area contributed by atoms with Crippen LogP contribution in [0.2, 0.25) is 0 Å². The number of nitrogens with two attached hydrogens (primary N) is 1. The van der Waals surface area contributed by atoms with Gasteiger partial charge in [0.05, 0.1) is 0 Å². The first kappa shape index (κ1) is 12.2. The van der Waals surface area contributed by atoms with Crippen molar-refractivity contribution in [2.75, 3.05) is 0 Å². The molecule has 2 aromatic rings. The van der Waals surface area contributed by atoms with E-state index in [9.17, 15) is 0 Å². The van der Waals surface area contributed by atoms with Crippen LogP contribution in [0.15, 0.2) is 24.5 Å². The Bertz CT molecular complexity index is 579. The Morgan fingerprint density at radius 3 is 3.16 bits per heavy atom. The summed E-state index contributed by atoms with van der Waals surface area (Å²) in [7, 11) is 1.91. The standard InChI is InChI=1S/C14H18N4O/c1-18-9-16-17-14(18)8-19-13-7-3-4-10-11(13)5-2-6-12(10)15/h3-4,7,9,12H,2,5-6,8,15H2,1H3. The van der Waals surface area contributed by atoms with Gasteiger partial charge in [-0.05, 0) is 36.5 Å². The highest BCUT2D eigenvalue weighted by atomic mass is 16.5. The molecule has 1 unspecified atom stereocenters. The van der Waals surface area contributed by atoms with Crippen molar-refractivity contribution in [3.8, 4) is 5.75 Å². The lowest BCUT2D eigenvalue weighted by molar-refractivity contribution is 0.286. The fourth-order valence-electron chi connectivity index (χ4n) is 2.57. The van der Waals surface area contributed by atoms with Gasteiger partial charge in [0, 0.05) is 13.1 Å². The maximum atomic E-state index is 6.15. The van der Waals surface area contributed by atoms with E-state index in [1.807, 2.05) is 23.7 Å². The van der Waals surface area contributed by atoms with Crippen LogP contribution in [0.3, 0.4) is 0 Å². The highest BCUT2D eigenvalue weighted by molar-refractivity contribution is 5.43. The molecular weight excluding hydrogens is 240 g/mol. The van der Waals surface area contributed by atoms with Crippen LogP contribution in [-0.2, 0) is 20.1 Å². The van der Waals surface area contributed by atoms with Gasteiger partial charge in [0.2, 0.25) is 0 Å². The second-order valence-corrected chi connectivity index (χ2v) is 4.97. The van der Waals surface area contributed by atoms with E-state index in [0.717, 1.165) is 30.8 Å². The Balaban J connectivity index is 1.82. The van der Waals surface area contributed by atoms with Gasteiger partial charge in [0.15, 0.2) is 5.82 Å². The third-order valence-electron chi connectivity index (χ3n) is 3.67.